The molecule has 158 valence electrons. The van der Waals surface area contributed by atoms with Gasteiger partial charge in [-0.05, 0) is 54.4 Å². The van der Waals surface area contributed by atoms with Crippen LogP contribution in [0.5, 0.6) is 5.75 Å². The van der Waals surface area contributed by atoms with E-state index in [0.29, 0.717) is 25.3 Å². The van der Waals surface area contributed by atoms with E-state index in [4.69, 9.17) is 4.74 Å². The molecule has 0 saturated carbocycles. The molecule has 0 spiro atoms. The molecule has 1 aliphatic rings. The Labute approximate surface area is 181 Å². The summed E-state index contributed by atoms with van der Waals surface area (Å²) in [7, 11) is 0. The predicted molar refractivity (Wildman–Crippen MR) is 122 cm³/mol. The number of ether oxygens (including phenoxy) is 1. The minimum atomic E-state index is -0.120. The second kappa shape index (κ2) is 9.80. The molecule has 0 unspecified atom stereocenters. The summed E-state index contributed by atoms with van der Waals surface area (Å²) in [6.45, 7) is 1.69. The standard InChI is InChI=1S/C25H25N3O3/c29-24(26-15-17-31-22-7-2-1-3-8-22)18-27-21-12-10-20(11-13-21)25(30)28-16-14-19-6-4-5-9-23(19)28/h1-13,27H,14-18H2,(H,26,29). The van der Waals surface area contributed by atoms with Gasteiger partial charge in [0.25, 0.3) is 5.91 Å². The molecule has 1 heterocycles. The topological polar surface area (TPSA) is 70.7 Å². The number of carbonyl (C=O) groups excluding carboxylic acids is 2. The smallest absolute Gasteiger partial charge is 0.258 e. The van der Waals surface area contributed by atoms with Gasteiger partial charge in [0.05, 0.1) is 13.1 Å². The number of fused-ring (bicyclic) bond motifs is 1. The van der Waals surface area contributed by atoms with Crippen LogP contribution in [-0.4, -0.2) is 38.1 Å². The average molecular weight is 415 g/mol. The minimum Gasteiger partial charge on any atom is -0.492 e. The van der Waals surface area contributed by atoms with Gasteiger partial charge in [0.1, 0.15) is 12.4 Å². The molecule has 1 aliphatic heterocycles. The lowest BCUT2D eigenvalue weighted by molar-refractivity contribution is -0.119. The summed E-state index contributed by atoms with van der Waals surface area (Å²) >= 11 is 0. The Bertz CT molecular complexity index is 1040. The fraction of sp³-hybridized carbons (Fsp3) is 0.200. The van der Waals surface area contributed by atoms with Crippen molar-refractivity contribution in [1.29, 1.82) is 0 Å². The van der Waals surface area contributed by atoms with Crippen molar-refractivity contribution < 1.29 is 14.3 Å². The SMILES string of the molecule is O=C(CNc1ccc(C(=O)N2CCc3ccccc32)cc1)NCCOc1ccccc1. The molecule has 0 aromatic heterocycles. The second-order valence-electron chi connectivity index (χ2n) is 7.28. The van der Waals surface area contributed by atoms with Gasteiger partial charge in [0.2, 0.25) is 5.91 Å². The van der Waals surface area contributed by atoms with Crippen molar-refractivity contribution in [3.63, 3.8) is 0 Å². The number of hydrogen-bond acceptors (Lipinski definition) is 4. The van der Waals surface area contributed by atoms with E-state index in [0.717, 1.165) is 23.5 Å². The summed E-state index contributed by atoms with van der Waals surface area (Å²) in [5.74, 6) is 0.653. The minimum absolute atomic E-state index is 0.00680. The molecule has 0 fully saturated rings. The van der Waals surface area contributed by atoms with Crippen LogP contribution in [-0.2, 0) is 11.2 Å². The van der Waals surface area contributed by atoms with Crippen LogP contribution in [0.3, 0.4) is 0 Å². The van der Waals surface area contributed by atoms with Crippen LogP contribution in [0.25, 0.3) is 0 Å². The van der Waals surface area contributed by atoms with Crippen LogP contribution in [0.2, 0.25) is 0 Å². The van der Waals surface area contributed by atoms with E-state index in [2.05, 4.69) is 16.7 Å². The van der Waals surface area contributed by atoms with E-state index in [1.807, 2.05) is 65.6 Å². The molecule has 31 heavy (non-hydrogen) atoms. The quantitative estimate of drug-likeness (QED) is 0.553. The summed E-state index contributed by atoms with van der Waals surface area (Å²) in [6, 6.07) is 24.7. The van der Waals surface area contributed by atoms with Crippen LogP contribution in [0.15, 0.2) is 78.9 Å². The Kier molecular flexibility index (Phi) is 6.47. The maximum atomic E-state index is 12.9. The number of nitrogens with one attached hydrogen (secondary N) is 2. The first kappa shape index (κ1) is 20.5. The van der Waals surface area contributed by atoms with Crippen LogP contribution in [0.1, 0.15) is 15.9 Å². The van der Waals surface area contributed by atoms with Crippen molar-refractivity contribution in [2.75, 3.05) is 36.5 Å². The van der Waals surface area contributed by atoms with Gasteiger partial charge in [0.15, 0.2) is 0 Å². The van der Waals surface area contributed by atoms with Gasteiger partial charge < -0.3 is 20.3 Å². The normalized spacial score (nSPS) is 12.2. The van der Waals surface area contributed by atoms with Crippen molar-refractivity contribution in [2.24, 2.45) is 0 Å². The van der Waals surface area contributed by atoms with Crippen molar-refractivity contribution >= 4 is 23.2 Å². The highest BCUT2D eigenvalue weighted by Gasteiger charge is 2.24. The van der Waals surface area contributed by atoms with Crippen molar-refractivity contribution in [2.45, 2.75) is 6.42 Å². The van der Waals surface area contributed by atoms with Gasteiger partial charge in [-0.25, -0.2) is 0 Å². The fourth-order valence-electron chi connectivity index (χ4n) is 3.56. The fourth-order valence-corrected chi connectivity index (χ4v) is 3.56. The van der Waals surface area contributed by atoms with Crippen LogP contribution in [0.4, 0.5) is 11.4 Å². The van der Waals surface area contributed by atoms with Gasteiger partial charge in [-0.2, -0.15) is 0 Å². The molecule has 3 aromatic carbocycles. The van der Waals surface area contributed by atoms with E-state index in [9.17, 15) is 9.59 Å². The molecule has 6 heteroatoms. The molecule has 0 aliphatic carbocycles. The number of benzene rings is 3. The largest absolute Gasteiger partial charge is 0.492 e. The number of carbonyl (C=O) groups is 2. The molecular weight excluding hydrogens is 390 g/mol. The van der Waals surface area contributed by atoms with E-state index in [-0.39, 0.29) is 18.4 Å². The Morgan fingerprint density at radius 3 is 2.45 bits per heavy atom. The Morgan fingerprint density at radius 1 is 0.903 bits per heavy atom. The maximum absolute atomic E-state index is 12.9. The lowest BCUT2D eigenvalue weighted by Gasteiger charge is -2.17. The zero-order valence-electron chi connectivity index (χ0n) is 17.2. The third kappa shape index (κ3) is 5.22. The van der Waals surface area contributed by atoms with Crippen molar-refractivity contribution in [3.05, 3.63) is 90.0 Å². The Hall–Kier alpha value is -3.80. The summed E-state index contributed by atoms with van der Waals surface area (Å²) < 4.78 is 5.55. The number of nitrogens with zero attached hydrogens (tertiary/aromatic N) is 1. The van der Waals surface area contributed by atoms with Gasteiger partial charge in [-0.1, -0.05) is 36.4 Å². The van der Waals surface area contributed by atoms with E-state index in [1.165, 1.54) is 5.56 Å². The first-order chi connectivity index (χ1) is 15.2. The zero-order chi connectivity index (χ0) is 21.5. The first-order valence-electron chi connectivity index (χ1n) is 10.4. The summed E-state index contributed by atoms with van der Waals surface area (Å²) in [6.07, 6.45) is 0.882. The van der Waals surface area contributed by atoms with E-state index < -0.39 is 0 Å². The molecular formula is C25H25N3O3. The van der Waals surface area contributed by atoms with Gasteiger partial charge in [-0.15, -0.1) is 0 Å². The number of amides is 2. The summed E-state index contributed by atoms with van der Waals surface area (Å²) in [5.41, 5.74) is 3.61. The third-order valence-corrected chi connectivity index (χ3v) is 5.15. The molecule has 3 aromatic rings. The third-order valence-electron chi connectivity index (χ3n) is 5.15. The van der Waals surface area contributed by atoms with Crippen molar-refractivity contribution in [3.8, 4) is 5.75 Å². The number of hydrogen-bond donors (Lipinski definition) is 2. The van der Waals surface area contributed by atoms with E-state index in [1.54, 1.807) is 12.1 Å². The second-order valence-corrected chi connectivity index (χ2v) is 7.28. The highest BCUT2D eigenvalue weighted by Crippen LogP contribution is 2.29. The zero-order valence-corrected chi connectivity index (χ0v) is 17.2. The van der Waals surface area contributed by atoms with Gasteiger partial charge in [0, 0.05) is 23.5 Å². The Morgan fingerprint density at radius 2 is 1.65 bits per heavy atom. The molecule has 0 atom stereocenters. The molecule has 0 radical (unpaired) electrons. The average Bonchev–Trinajstić information content (AvgIpc) is 3.25. The molecule has 0 bridgehead atoms. The highest BCUT2D eigenvalue weighted by molar-refractivity contribution is 6.07. The lowest BCUT2D eigenvalue weighted by Crippen LogP contribution is -2.33. The predicted octanol–water partition coefficient (Wildman–Crippen LogP) is 3.50. The molecule has 2 N–H and O–H groups in total. The van der Waals surface area contributed by atoms with Crippen LogP contribution < -0.4 is 20.3 Å². The van der Waals surface area contributed by atoms with Crippen molar-refractivity contribution in [1.82, 2.24) is 5.32 Å². The summed E-state index contributed by atoms with van der Waals surface area (Å²) in [5, 5.41) is 5.89. The van der Waals surface area contributed by atoms with E-state index >= 15 is 0 Å². The first-order valence-corrected chi connectivity index (χ1v) is 10.4. The number of para-hydroxylation sites is 2. The monoisotopic (exact) mass is 415 g/mol. The molecule has 0 saturated heterocycles. The van der Waals surface area contributed by atoms with Crippen LogP contribution in [0, 0.1) is 0 Å². The maximum Gasteiger partial charge on any atom is 0.258 e. The molecule has 4 rings (SSSR count). The number of anilines is 2. The Balaban J connectivity index is 1.22. The summed E-state index contributed by atoms with van der Waals surface area (Å²) in [4.78, 5) is 26.7. The lowest BCUT2D eigenvalue weighted by atomic mass is 10.1. The van der Waals surface area contributed by atoms with Gasteiger partial charge in [-0.3, -0.25) is 9.59 Å². The number of rotatable bonds is 8. The molecule has 2 amide bonds. The van der Waals surface area contributed by atoms with Crippen LogP contribution >= 0.6 is 0 Å². The molecule has 6 nitrogen and oxygen atoms in total. The highest BCUT2D eigenvalue weighted by atomic mass is 16.5. The van der Waals surface area contributed by atoms with Gasteiger partial charge >= 0.3 is 0 Å².